The van der Waals surface area contributed by atoms with Gasteiger partial charge >= 0.3 is 0 Å². The standard InChI is InChI=1S/C14H24N2O/c1-10(2)6-11(3)15-9-13-8-14(17-5)7-12(4)16-13/h7-8,10-11,15H,6,9H2,1-5H3. The summed E-state index contributed by atoms with van der Waals surface area (Å²) >= 11 is 0. The number of nitrogens with zero attached hydrogens (tertiary/aromatic N) is 1. The van der Waals surface area contributed by atoms with Gasteiger partial charge in [0.1, 0.15) is 5.75 Å². The molecule has 0 bridgehead atoms. The van der Waals surface area contributed by atoms with Crippen molar-refractivity contribution in [2.24, 2.45) is 5.92 Å². The van der Waals surface area contributed by atoms with Crippen LogP contribution < -0.4 is 10.1 Å². The van der Waals surface area contributed by atoms with E-state index in [-0.39, 0.29) is 0 Å². The van der Waals surface area contributed by atoms with Crippen LogP contribution in [0.4, 0.5) is 0 Å². The van der Waals surface area contributed by atoms with Crippen molar-refractivity contribution in [1.29, 1.82) is 0 Å². The van der Waals surface area contributed by atoms with Crippen molar-refractivity contribution in [2.45, 2.75) is 46.7 Å². The predicted molar refractivity (Wildman–Crippen MR) is 71.3 cm³/mol. The summed E-state index contributed by atoms with van der Waals surface area (Å²) in [5.74, 6) is 1.60. The number of hydrogen-bond acceptors (Lipinski definition) is 3. The molecule has 0 aliphatic carbocycles. The van der Waals surface area contributed by atoms with E-state index < -0.39 is 0 Å². The van der Waals surface area contributed by atoms with Crippen LogP contribution in [0.1, 0.15) is 38.6 Å². The van der Waals surface area contributed by atoms with Gasteiger partial charge < -0.3 is 10.1 Å². The minimum absolute atomic E-state index is 0.517. The fourth-order valence-electron chi connectivity index (χ4n) is 1.98. The maximum Gasteiger partial charge on any atom is 0.122 e. The quantitative estimate of drug-likeness (QED) is 0.824. The summed E-state index contributed by atoms with van der Waals surface area (Å²) in [5.41, 5.74) is 2.04. The van der Waals surface area contributed by atoms with E-state index in [2.05, 4.69) is 31.1 Å². The minimum Gasteiger partial charge on any atom is -0.497 e. The van der Waals surface area contributed by atoms with Gasteiger partial charge in [0.05, 0.1) is 12.8 Å². The Kier molecular flexibility index (Phi) is 5.42. The molecule has 1 aromatic rings. The Hall–Kier alpha value is -1.09. The normalized spacial score (nSPS) is 12.8. The average molecular weight is 236 g/mol. The van der Waals surface area contributed by atoms with Crippen molar-refractivity contribution in [1.82, 2.24) is 10.3 Å². The van der Waals surface area contributed by atoms with Crippen LogP contribution in [-0.2, 0) is 6.54 Å². The number of nitrogens with one attached hydrogen (secondary N) is 1. The highest BCUT2D eigenvalue weighted by Gasteiger charge is 2.06. The molecule has 0 fully saturated rings. The van der Waals surface area contributed by atoms with Gasteiger partial charge in [-0.2, -0.15) is 0 Å². The van der Waals surface area contributed by atoms with Gasteiger partial charge in [0.2, 0.25) is 0 Å². The lowest BCUT2D eigenvalue weighted by Crippen LogP contribution is -2.27. The molecule has 3 heteroatoms. The van der Waals surface area contributed by atoms with E-state index in [0.717, 1.165) is 29.6 Å². The van der Waals surface area contributed by atoms with Gasteiger partial charge in [0, 0.05) is 30.4 Å². The topological polar surface area (TPSA) is 34.1 Å². The molecule has 0 aromatic carbocycles. The second-order valence-corrected chi connectivity index (χ2v) is 5.05. The molecule has 1 rings (SSSR count). The molecule has 0 aliphatic heterocycles. The molecule has 0 amide bonds. The second-order valence-electron chi connectivity index (χ2n) is 5.05. The first-order chi connectivity index (χ1) is 8.01. The largest absolute Gasteiger partial charge is 0.497 e. The van der Waals surface area contributed by atoms with E-state index >= 15 is 0 Å². The molecule has 3 nitrogen and oxygen atoms in total. The summed E-state index contributed by atoms with van der Waals surface area (Å²) in [7, 11) is 1.69. The van der Waals surface area contributed by atoms with Crippen molar-refractivity contribution >= 4 is 0 Å². The lowest BCUT2D eigenvalue weighted by atomic mass is 10.1. The maximum absolute atomic E-state index is 5.24. The zero-order valence-corrected chi connectivity index (χ0v) is 11.6. The molecule has 0 saturated carbocycles. The Bertz CT molecular complexity index is 350. The van der Waals surface area contributed by atoms with Crippen molar-refractivity contribution in [2.75, 3.05) is 7.11 Å². The third kappa shape index (κ3) is 5.18. The summed E-state index contributed by atoms with van der Waals surface area (Å²) in [6.07, 6.45) is 1.18. The molecular formula is C14H24N2O. The molecule has 1 heterocycles. The summed E-state index contributed by atoms with van der Waals surface area (Å²) < 4.78 is 5.24. The van der Waals surface area contributed by atoms with Gasteiger partial charge in [-0.15, -0.1) is 0 Å². The Morgan fingerprint density at radius 2 is 2.00 bits per heavy atom. The summed E-state index contributed by atoms with van der Waals surface area (Å²) in [4.78, 5) is 4.49. The van der Waals surface area contributed by atoms with E-state index in [9.17, 15) is 0 Å². The number of ether oxygens (including phenoxy) is 1. The van der Waals surface area contributed by atoms with Crippen LogP contribution in [0.5, 0.6) is 5.75 Å². The van der Waals surface area contributed by atoms with Crippen LogP contribution in [0.15, 0.2) is 12.1 Å². The smallest absolute Gasteiger partial charge is 0.122 e. The highest BCUT2D eigenvalue weighted by molar-refractivity contribution is 5.26. The van der Waals surface area contributed by atoms with Gasteiger partial charge in [0.25, 0.3) is 0 Å². The SMILES string of the molecule is COc1cc(C)nc(CNC(C)CC(C)C)c1. The zero-order valence-electron chi connectivity index (χ0n) is 11.6. The number of methoxy groups -OCH3 is 1. The molecule has 0 radical (unpaired) electrons. The van der Waals surface area contributed by atoms with Crippen molar-refractivity contribution in [3.8, 4) is 5.75 Å². The molecule has 1 atom stereocenters. The number of aromatic nitrogens is 1. The Balaban J connectivity index is 2.54. The summed E-state index contributed by atoms with van der Waals surface area (Å²) in [5, 5.41) is 3.49. The molecule has 1 aromatic heterocycles. The maximum atomic E-state index is 5.24. The molecule has 1 unspecified atom stereocenters. The fraction of sp³-hybridized carbons (Fsp3) is 0.643. The Morgan fingerprint density at radius 3 is 2.59 bits per heavy atom. The van der Waals surface area contributed by atoms with Crippen molar-refractivity contribution in [3.05, 3.63) is 23.5 Å². The van der Waals surface area contributed by atoms with E-state index in [0.29, 0.717) is 6.04 Å². The zero-order chi connectivity index (χ0) is 12.8. The second kappa shape index (κ2) is 6.60. The van der Waals surface area contributed by atoms with E-state index in [1.54, 1.807) is 7.11 Å². The van der Waals surface area contributed by atoms with Gasteiger partial charge in [-0.1, -0.05) is 13.8 Å². The molecule has 0 saturated heterocycles. The van der Waals surface area contributed by atoms with Crippen LogP contribution in [0.2, 0.25) is 0 Å². The van der Waals surface area contributed by atoms with Crippen LogP contribution in [0.3, 0.4) is 0 Å². The first-order valence-corrected chi connectivity index (χ1v) is 6.26. The van der Waals surface area contributed by atoms with E-state index in [4.69, 9.17) is 4.74 Å². The van der Waals surface area contributed by atoms with Crippen LogP contribution in [0.25, 0.3) is 0 Å². The summed E-state index contributed by atoms with van der Waals surface area (Å²) in [6, 6.07) is 4.45. The fourth-order valence-corrected chi connectivity index (χ4v) is 1.98. The number of aryl methyl sites for hydroxylation is 1. The number of hydrogen-bond donors (Lipinski definition) is 1. The minimum atomic E-state index is 0.517. The van der Waals surface area contributed by atoms with E-state index in [1.165, 1.54) is 6.42 Å². The first kappa shape index (κ1) is 14.0. The highest BCUT2D eigenvalue weighted by Crippen LogP contribution is 2.13. The molecule has 17 heavy (non-hydrogen) atoms. The number of pyridine rings is 1. The molecule has 96 valence electrons. The number of rotatable bonds is 6. The third-order valence-corrected chi connectivity index (χ3v) is 2.67. The highest BCUT2D eigenvalue weighted by atomic mass is 16.5. The Morgan fingerprint density at radius 1 is 1.29 bits per heavy atom. The van der Waals surface area contributed by atoms with Crippen molar-refractivity contribution in [3.63, 3.8) is 0 Å². The Labute approximate surface area is 105 Å². The van der Waals surface area contributed by atoms with Gasteiger partial charge in [-0.05, 0) is 26.2 Å². The van der Waals surface area contributed by atoms with Gasteiger partial charge in [-0.3, -0.25) is 4.98 Å². The first-order valence-electron chi connectivity index (χ1n) is 6.26. The monoisotopic (exact) mass is 236 g/mol. The molecular weight excluding hydrogens is 212 g/mol. The lowest BCUT2D eigenvalue weighted by molar-refractivity contribution is 0.410. The average Bonchev–Trinajstić information content (AvgIpc) is 2.24. The molecule has 1 N–H and O–H groups in total. The van der Waals surface area contributed by atoms with Crippen LogP contribution in [0, 0.1) is 12.8 Å². The molecule has 0 aliphatic rings. The lowest BCUT2D eigenvalue weighted by Gasteiger charge is -2.16. The van der Waals surface area contributed by atoms with Gasteiger partial charge in [-0.25, -0.2) is 0 Å². The van der Waals surface area contributed by atoms with Crippen molar-refractivity contribution < 1.29 is 4.74 Å². The predicted octanol–water partition coefficient (Wildman–Crippen LogP) is 2.92. The van der Waals surface area contributed by atoms with Crippen LogP contribution >= 0.6 is 0 Å². The van der Waals surface area contributed by atoms with E-state index in [1.807, 2.05) is 19.1 Å². The van der Waals surface area contributed by atoms with Gasteiger partial charge in [0.15, 0.2) is 0 Å². The van der Waals surface area contributed by atoms with Crippen LogP contribution in [-0.4, -0.2) is 18.1 Å². The molecule has 0 spiro atoms. The third-order valence-electron chi connectivity index (χ3n) is 2.67. The summed E-state index contributed by atoms with van der Waals surface area (Å²) in [6.45, 7) is 9.49.